The summed E-state index contributed by atoms with van der Waals surface area (Å²) in [6.45, 7) is 2.25. The molecule has 11 heteroatoms. The van der Waals surface area contributed by atoms with Crippen LogP contribution in [0, 0.1) is 5.82 Å². The third-order valence-electron chi connectivity index (χ3n) is 5.25. The average molecular weight is 608 g/mol. The predicted molar refractivity (Wildman–Crippen MR) is 142 cm³/mol. The van der Waals surface area contributed by atoms with Crippen molar-refractivity contribution in [3.8, 4) is 11.5 Å². The highest BCUT2D eigenvalue weighted by Gasteiger charge is 2.37. The summed E-state index contributed by atoms with van der Waals surface area (Å²) in [5.74, 6) is -1.51. The van der Waals surface area contributed by atoms with Crippen LogP contribution in [0.4, 0.5) is 14.9 Å². The number of nitrogens with zero attached hydrogens (tertiary/aromatic N) is 1. The fourth-order valence-electron chi connectivity index (χ4n) is 3.47. The van der Waals surface area contributed by atoms with Gasteiger partial charge in [0.05, 0.1) is 12.3 Å². The first-order valence-corrected chi connectivity index (χ1v) is 12.4. The monoisotopic (exact) mass is 606 g/mol. The van der Waals surface area contributed by atoms with Crippen LogP contribution >= 0.6 is 39.1 Å². The molecule has 0 atom stereocenters. The lowest BCUT2D eigenvalue weighted by molar-refractivity contribution is -0.122. The van der Waals surface area contributed by atoms with Crippen LogP contribution in [0.25, 0.3) is 6.08 Å². The van der Waals surface area contributed by atoms with E-state index in [0.717, 1.165) is 17.0 Å². The molecule has 1 saturated heterocycles. The van der Waals surface area contributed by atoms with Gasteiger partial charge in [0.15, 0.2) is 11.5 Å². The van der Waals surface area contributed by atoms with E-state index in [9.17, 15) is 18.8 Å². The first kappa shape index (κ1) is 26.7. The summed E-state index contributed by atoms with van der Waals surface area (Å²) in [6, 6.07) is 12.1. The second kappa shape index (κ2) is 11.3. The maximum Gasteiger partial charge on any atom is 0.335 e. The van der Waals surface area contributed by atoms with Crippen molar-refractivity contribution in [3.05, 3.63) is 91.6 Å². The number of hydrogen-bond acceptors (Lipinski definition) is 5. The van der Waals surface area contributed by atoms with Crippen molar-refractivity contribution < 1.29 is 28.2 Å². The van der Waals surface area contributed by atoms with Crippen molar-refractivity contribution in [2.45, 2.75) is 13.5 Å². The van der Waals surface area contributed by atoms with Gasteiger partial charge in [-0.15, -0.1) is 0 Å². The van der Waals surface area contributed by atoms with E-state index in [4.69, 9.17) is 32.7 Å². The number of rotatable bonds is 7. The van der Waals surface area contributed by atoms with Gasteiger partial charge in [0.1, 0.15) is 18.0 Å². The van der Waals surface area contributed by atoms with Gasteiger partial charge in [-0.05, 0) is 67.1 Å². The molecule has 4 amide bonds. The number of benzene rings is 3. The van der Waals surface area contributed by atoms with Crippen LogP contribution in [0.1, 0.15) is 18.1 Å². The zero-order valence-corrected chi connectivity index (χ0v) is 22.3. The second-order valence-corrected chi connectivity index (χ2v) is 9.41. The number of urea groups is 1. The predicted octanol–water partition coefficient (Wildman–Crippen LogP) is 6.54. The Hall–Kier alpha value is -3.40. The Morgan fingerprint density at radius 3 is 2.38 bits per heavy atom. The maximum atomic E-state index is 13.3. The van der Waals surface area contributed by atoms with E-state index in [1.165, 1.54) is 18.2 Å². The van der Waals surface area contributed by atoms with Crippen LogP contribution in [0.2, 0.25) is 10.0 Å². The number of hydrogen-bond donors (Lipinski definition) is 1. The number of carbonyl (C=O) groups excluding carboxylic acids is 3. The van der Waals surface area contributed by atoms with Gasteiger partial charge in [-0.1, -0.05) is 45.2 Å². The van der Waals surface area contributed by atoms with Gasteiger partial charge in [-0.25, -0.2) is 14.1 Å². The Morgan fingerprint density at radius 2 is 1.70 bits per heavy atom. The first-order chi connectivity index (χ1) is 17.7. The zero-order chi connectivity index (χ0) is 26.7. The van der Waals surface area contributed by atoms with Crippen molar-refractivity contribution >= 4 is 68.7 Å². The fraction of sp³-hybridized carbons (Fsp3) is 0.115. The molecule has 7 nitrogen and oxygen atoms in total. The molecule has 0 aromatic heterocycles. The van der Waals surface area contributed by atoms with Gasteiger partial charge < -0.3 is 9.47 Å². The van der Waals surface area contributed by atoms with Gasteiger partial charge in [-0.2, -0.15) is 0 Å². The molecule has 1 fully saturated rings. The Morgan fingerprint density at radius 1 is 1.00 bits per heavy atom. The van der Waals surface area contributed by atoms with Crippen molar-refractivity contribution in [2.75, 3.05) is 11.5 Å². The molecule has 37 heavy (non-hydrogen) atoms. The van der Waals surface area contributed by atoms with Crippen LogP contribution < -0.4 is 19.7 Å². The Labute approximate surface area is 229 Å². The topological polar surface area (TPSA) is 84.9 Å². The number of anilines is 1. The minimum atomic E-state index is -0.933. The van der Waals surface area contributed by atoms with Crippen molar-refractivity contribution in [2.24, 2.45) is 0 Å². The molecule has 1 aliphatic heterocycles. The molecule has 0 bridgehead atoms. The number of carbonyl (C=O) groups is 3. The lowest BCUT2D eigenvalue weighted by atomic mass is 10.1. The number of ether oxygens (including phenoxy) is 2. The van der Waals surface area contributed by atoms with Crippen LogP contribution in [-0.2, 0) is 16.2 Å². The summed E-state index contributed by atoms with van der Waals surface area (Å²) < 4.78 is 25.5. The molecular formula is C26H18BrCl2FN2O5. The lowest BCUT2D eigenvalue weighted by Gasteiger charge is -2.26. The molecule has 3 aromatic carbocycles. The van der Waals surface area contributed by atoms with Gasteiger partial charge in [0.25, 0.3) is 11.8 Å². The standard InChI is InChI=1S/C26H18BrCl2FN2O5/c1-2-36-22-10-15(20(27)12-23(22)37-13-14-3-4-16(28)11-21(14)29)9-19-24(33)31-26(35)32(25(19)34)18-7-5-17(30)6-8-18/h3-12H,2,13H2,1H3,(H,31,33,35)/b19-9+. The van der Waals surface area contributed by atoms with Gasteiger partial charge in [0, 0.05) is 20.1 Å². The van der Waals surface area contributed by atoms with Crippen molar-refractivity contribution in [3.63, 3.8) is 0 Å². The zero-order valence-electron chi connectivity index (χ0n) is 19.2. The summed E-state index contributed by atoms with van der Waals surface area (Å²) in [4.78, 5) is 38.8. The Bertz CT molecular complexity index is 1430. The lowest BCUT2D eigenvalue weighted by Crippen LogP contribution is -2.54. The highest BCUT2D eigenvalue weighted by Crippen LogP contribution is 2.36. The summed E-state index contributed by atoms with van der Waals surface area (Å²) in [7, 11) is 0. The molecular weight excluding hydrogens is 590 g/mol. The van der Waals surface area contributed by atoms with Crippen LogP contribution in [0.3, 0.4) is 0 Å². The van der Waals surface area contributed by atoms with Gasteiger partial charge >= 0.3 is 6.03 Å². The molecule has 0 spiro atoms. The largest absolute Gasteiger partial charge is 0.490 e. The number of nitrogens with one attached hydrogen (secondary N) is 1. The molecule has 1 heterocycles. The van der Waals surface area contributed by atoms with E-state index in [1.807, 2.05) is 0 Å². The summed E-state index contributed by atoms with van der Waals surface area (Å²) in [6.07, 6.45) is 1.33. The van der Waals surface area contributed by atoms with E-state index in [-0.39, 0.29) is 17.9 Å². The Kier molecular flexibility index (Phi) is 8.16. The van der Waals surface area contributed by atoms with Crippen molar-refractivity contribution in [1.29, 1.82) is 0 Å². The first-order valence-electron chi connectivity index (χ1n) is 10.9. The van der Waals surface area contributed by atoms with Crippen LogP contribution in [-0.4, -0.2) is 24.5 Å². The molecule has 1 N–H and O–H groups in total. The number of halogens is 4. The second-order valence-electron chi connectivity index (χ2n) is 7.71. The Balaban J connectivity index is 1.66. The fourth-order valence-corrected chi connectivity index (χ4v) is 4.37. The third-order valence-corrected chi connectivity index (χ3v) is 6.52. The summed E-state index contributed by atoms with van der Waals surface area (Å²) in [5.41, 5.74) is 0.952. The normalized spacial score (nSPS) is 14.7. The minimum absolute atomic E-state index is 0.112. The third kappa shape index (κ3) is 5.95. The molecule has 0 unspecified atom stereocenters. The molecule has 0 radical (unpaired) electrons. The highest BCUT2D eigenvalue weighted by molar-refractivity contribution is 9.10. The smallest absolute Gasteiger partial charge is 0.335 e. The number of barbiturate groups is 1. The molecule has 0 aliphatic carbocycles. The minimum Gasteiger partial charge on any atom is -0.490 e. The van der Waals surface area contributed by atoms with Gasteiger partial charge in [0.2, 0.25) is 0 Å². The SMILES string of the molecule is CCOc1cc(/C=C2\C(=O)NC(=O)N(c3ccc(F)cc3)C2=O)c(Br)cc1OCc1ccc(Cl)cc1Cl. The van der Waals surface area contributed by atoms with Crippen molar-refractivity contribution in [1.82, 2.24) is 5.32 Å². The molecule has 190 valence electrons. The number of amides is 4. The highest BCUT2D eigenvalue weighted by atomic mass is 79.9. The molecule has 1 aliphatic rings. The summed E-state index contributed by atoms with van der Waals surface area (Å²) >= 11 is 15.6. The quantitative estimate of drug-likeness (QED) is 0.243. The number of imide groups is 2. The average Bonchev–Trinajstić information content (AvgIpc) is 2.84. The van der Waals surface area contributed by atoms with Gasteiger partial charge in [-0.3, -0.25) is 14.9 Å². The van der Waals surface area contributed by atoms with E-state index < -0.39 is 23.7 Å². The molecule has 3 aromatic rings. The van der Waals surface area contributed by atoms with E-state index in [2.05, 4.69) is 21.2 Å². The van der Waals surface area contributed by atoms with Crippen LogP contribution in [0.15, 0.2) is 64.6 Å². The van der Waals surface area contributed by atoms with E-state index in [1.54, 1.807) is 37.3 Å². The summed E-state index contributed by atoms with van der Waals surface area (Å²) in [5, 5.41) is 3.09. The molecule has 0 saturated carbocycles. The van der Waals surface area contributed by atoms with E-state index >= 15 is 0 Å². The van der Waals surface area contributed by atoms with E-state index in [0.29, 0.717) is 43.8 Å². The van der Waals surface area contributed by atoms with Crippen LogP contribution in [0.5, 0.6) is 11.5 Å². The maximum absolute atomic E-state index is 13.3. The molecule has 4 rings (SSSR count).